The van der Waals surface area contributed by atoms with E-state index >= 15 is 0 Å². The number of hydrogen-bond acceptors (Lipinski definition) is 2. The predicted octanol–water partition coefficient (Wildman–Crippen LogP) is 4.25. The Kier molecular flexibility index (Phi) is 4.31. The smallest absolute Gasteiger partial charge is 0.127 e. The zero-order chi connectivity index (χ0) is 12.3. The average molecular weight is 314 g/mol. The molecular weight excluding hydrogens is 301 g/mol. The Morgan fingerprint density at radius 3 is 2.82 bits per heavy atom. The van der Waals surface area contributed by atoms with Gasteiger partial charge in [0.2, 0.25) is 0 Å². The van der Waals surface area contributed by atoms with Gasteiger partial charge in [-0.3, -0.25) is 0 Å². The third-order valence-corrected chi connectivity index (χ3v) is 4.42. The molecule has 17 heavy (non-hydrogen) atoms. The van der Waals surface area contributed by atoms with Crippen LogP contribution in [0.1, 0.15) is 16.0 Å². The fourth-order valence-electron chi connectivity index (χ4n) is 1.60. The summed E-state index contributed by atoms with van der Waals surface area (Å²) < 4.78 is 14.6. The van der Waals surface area contributed by atoms with Crippen LogP contribution in [0.3, 0.4) is 0 Å². The lowest BCUT2D eigenvalue weighted by molar-refractivity contribution is 0.588. The van der Waals surface area contributed by atoms with Crippen molar-refractivity contribution in [1.29, 1.82) is 0 Å². The summed E-state index contributed by atoms with van der Waals surface area (Å²) in [5.41, 5.74) is 1.80. The minimum Gasteiger partial charge on any atom is -0.308 e. The molecular formula is C13H13BrFNS. The molecule has 2 rings (SSSR count). The second-order valence-electron chi connectivity index (χ2n) is 3.89. The highest BCUT2D eigenvalue weighted by molar-refractivity contribution is 9.10. The highest BCUT2D eigenvalue weighted by Gasteiger charge is 2.04. The molecule has 90 valence electrons. The van der Waals surface area contributed by atoms with Gasteiger partial charge in [0.1, 0.15) is 5.82 Å². The molecule has 1 heterocycles. The number of halogens is 2. The van der Waals surface area contributed by atoms with Crippen molar-refractivity contribution in [3.8, 4) is 0 Å². The fraction of sp³-hybridized carbons (Fsp3) is 0.231. The first kappa shape index (κ1) is 12.7. The molecule has 0 saturated heterocycles. The first-order chi connectivity index (χ1) is 8.16. The van der Waals surface area contributed by atoms with Crippen molar-refractivity contribution in [3.63, 3.8) is 0 Å². The van der Waals surface area contributed by atoms with Crippen LogP contribution in [0.2, 0.25) is 0 Å². The summed E-state index contributed by atoms with van der Waals surface area (Å²) in [5.74, 6) is -0.145. The van der Waals surface area contributed by atoms with E-state index in [0.717, 1.165) is 22.1 Å². The molecule has 1 nitrogen and oxygen atoms in total. The summed E-state index contributed by atoms with van der Waals surface area (Å²) in [7, 11) is 0. The van der Waals surface area contributed by atoms with E-state index < -0.39 is 0 Å². The summed E-state index contributed by atoms with van der Waals surface area (Å²) in [6.07, 6.45) is 0. The van der Waals surface area contributed by atoms with Crippen LogP contribution < -0.4 is 5.32 Å². The molecule has 0 aliphatic carbocycles. The molecule has 4 heteroatoms. The van der Waals surface area contributed by atoms with Crippen LogP contribution >= 0.6 is 27.3 Å². The third kappa shape index (κ3) is 3.37. The van der Waals surface area contributed by atoms with Crippen LogP contribution in [0.4, 0.5) is 4.39 Å². The number of hydrogen-bond donors (Lipinski definition) is 1. The second kappa shape index (κ2) is 5.76. The van der Waals surface area contributed by atoms with E-state index in [-0.39, 0.29) is 5.82 Å². The van der Waals surface area contributed by atoms with Crippen LogP contribution in [0, 0.1) is 12.7 Å². The van der Waals surface area contributed by atoms with Gasteiger partial charge in [-0.05, 0) is 40.4 Å². The molecule has 0 radical (unpaired) electrons. The number of rotatable bonds is 4. The van der Waals surface area contributed by atoms with Crippen molar-refractivity contribution in [2.24, 2.45) is 0 Å². The Hall–Kier alpha value is -0.710. The average Bonchev–Trinajstić information content (AvgIpc) is 2.70. The van der Waals surface area contributed by atoms with Crippen molar-refractivity contribution in [2.75, 3.05) is 0 Å². The Morgan fingerprint density at radius 2 is 2.12 bits per heavy atom. The van der Waals surface area contributed by atoms with Crippen LogP contribution in [-0.2, 0) is 13.1 Å². The molecule has 1 aromatic heterocycles. The van der Waals surface area contributed by atoms with Gasteiger partial charge in [0.25, 0.3) is 0 Å². The number of nitrogens with one attached hydrogen (secondary N) is 1. The van der Waals surface area contributed by atoms with Crippen molar-refractivity contribution < 1.29 is 4.39 Å². The standard InChI is InChI=1S/C13H13BrFNS/c1-9-2-3-12(15)10(6-9)7-16-8-13-11(14)4-5-17-13/h2-6,16H,7-8H2,1H3. The minimum absolute atomic E-state index is 0.145. The van der Waals surface area contributed by atoms with E-state index in [9.17, 15) is 4.39 Å². The van der Waals surface area contributed by atoms with Gasteiger partial charge in [0.15, 0.2) is 0 Å². The third-order valence-electron chi connectivity index (χ3n) is 2.49. The van der Waals surface area contributed by atoms with E-state index in [1.165, 1.54) is 10.9 Å². The Labute approximate surface area is 113 Å². The maximum atomic E-state index is 13.5. The van der Waals surface area contributed by atoms with Gasteiger partial charge < -0.3 is 5.32 Å². The van der Waals surface area contributed by atoms with Gasteiger partial charge in [-0.15, -0.1) is 11.3 Å². The van der Waals surface area contributed by atoms with Crippen molar-refractivity contribution in [1.82, 2.24) is 5.32 Å². The topological polar surface area (TPSA) is 12.0 Å². The molecule has 0 unspecified atom stereocenters. The lowest BCUT2D eigenvalue weighted by atomic mass is 10.1. The molecule has 0 fully saturated rings. The summed E-state index contributed by atoms with van der Waals surface area (Å²) in [4.78, 5) is 1.23. The first-order valence-electron chi connectivity index (χ1n) is 5.34. The number of thiophene rings is 1. The zero-order valence-corrected chi connectivity index (χ0v) is 11.9. The molecule has 0 atom stereocenters. The largest absolute Gasteiger partial charge is 0.308 e. The normalized spacial score (nSPS) is 10.8. The van der Waals surface area contributed by atoms with Crippen molar-refractivity contribution in [2.45, 2.75) is 20.0 Å². The van der Waals surface area contributed by atoms with Gasteiger partial charge >= 0.3 is 0 Å². The maximum absolute atomic E-state index is 13.5. The SMILES string of the molecule is Cc1ccc(F)c(CNCc2sccc2Br)c1. The molecule has 0 bridgehead atoms. The van der Waals surface area contributed by atoms with E-state index in [0.29, 0.717) is 6.54 Å². The summed E-state index contributed by atoms with van der Waals surface area (Å²) in [6, 6.07) is 7.21. The van der Waals surface area contributed by atoms with Gasteiger partial charge in [-0.2, -0.15) is 0 Å². The molecule has 0 saturated carbocycles. The van der Waals surface area contributed by atoms with E-state index in [2.05, 4.69) is 21.2 Å². The highest BCUT2D eigenvalue weighted by Crippen LogP contribution is 2.22. The molecule has 0 amide bonds. The van der Waals surface area contributed by atoms with E-state index in [1.54, 1.807) is 17.4 Å². The number of aryl methyl sites for hydroxylation is 1. The Bertz CT molecular complexity index is 510. The van der Waals surface area contributed by atoms with E-state index in [1.807, 2.05) is 24.4 Å². The summed E-state index contributed by atoms with van der Waals surface area (Å²) in [6.45, 7) is 3.28. The lowest BCUT2D eigenvalue weighted by Gasteiger charge is -2.06. The molecule has 0 spiro atoms. The van der Waals surface area contributed by atoms with E-state index in [4.69, 9.17) is 0 Å². The van der Waals surface area contributed by atoms with Gasteiger partial charge in [0.05, 0.1) is 0 Å². The minimum atomic E-state index is -0.145. The van der Waals surface area contributed by atoms with Gasteiger partial charge in [0, 0.05) is 28.0 Å². The fourth-order valence-corrected chi connectivity index (χ4v) is 3.06. The zero-order valence-electron chi connectivity index (χ0n) is 9.47. The molecule has 0 aliphatic rings. The van der Waals surface area contributed by atoms with Crippen LogP contribution in [0.15, 0.2) is 34.1 Å². The Morgan fingerprint density at radius 1 is 1.29 bits per heavy atom. The predicted molar refractivity (Wildman–Crippen MR) is 73.7 cm³/mol. The van der Waals surface area contributed by atoms with Crippen molar-refractivity contribution in [3.05, 3.63) is 55.9 Å². The molecule has 1 N–H and O–H groups in total. The summed E-state index contributed by atoms with van der Waals surface area (Å²) >= 11 is 5.16. The van der Waals surface area contributed by atoms with Crippen molar-refractivity contribution >= 4 is 27.3 Å². The second-order valence-corrected chi connectivity index (χ2v) is 5.75. The Balaban J connectivity index is 1.94. The van der Waals surface area contributed by atoms with Crippen LogP contribution in [0.5, 0.6) is 0 Å². The molecule has 0 aliphatic heterocycles. The monoisotopic (exact) mass is 313 g/mol. The van der Waals surface area contributed by atoms with Crippen LogP contribution in [0.25, 0.3) is 0 Å². The lowest BCUT2D eigenvalue weighted by Crippen LogP contribution is -2.13. The van der Waals surface area contributed by atoms with Gasteiger partial charge in [-0.25, -0.2) is 4.39 Å². The number of benzene rings is 1. The maximum Gasteiger partial charge on any atom is 0.127 e. The van der Waals surface area contributed by atoms with Gasteiger partial charge in [-0.1, -0.05) is 17.7 Å². The quantitative estimate of drug-likeness (QED) is 0.890. The molecule has 2 aromatic rings. The molecule has 1 aromatic carbocycles. The summed E-state index contributed by atoms with van der Waals surface area (Å²) in [5, 5.41) is 5.29. The first-order valence-corrected chi connectivity index (χ1v) is 7.01. The van der Waals surface area contributed by atoms with Crippen LogP contribution in [-0.4, -0.2) is 0 Å². The highest BCUT2D eigenvalue weighted by atomic mass is 79.9.